The third-order valence-electron chi connectivity index (χ3n) is 2.72. The molecule has 5 heteroatoms. The van der Waals surface area contributed by atoms with Crippen LogP contribution in [-0.4, -0.2) is 0 Å². The van der Waals surface area contributed by atoms with Crippen molar-refractivity contribution in [2.24, 2.45) is 0 Å². The standard InChI is InChI=1S/C14H9Cl2F3/c15-11-4-2-8(6-14(11)19)12(16)5-9-1-3-10(17)7-13(9)18/h1-4,6-7,12H,5H2. The summed E-state index contributed by atoms with van der Waals surface area (Å²) in [6.45, 7) is 0. The van der Waals surface area contributed by atoms with Crippen LogP contribution in [0.15, 0.2) is 36.4 Å². The predicted molar refractivity (Wildman–Crippen MR) is 70.1 cm³/mol. The lowest BCUT2D eigenvalue weighted by Gasteiger charge is -2.11. The Morgan fingerprint density at radius 3 is 2.32 bits per heavy atom. The number of halogens is 5. The van der Waals surface area contributed by atoms with Gasteiger partial charge in [0.2, 0.25) is 0 Å². The van der Waals surface area contributed by atoms with Gasteiger partial charge in [0.15, 0.2) is 0 Å². The van der Waals surface area contributed by atoms with Crippen molar-refractivity contribution >= 4 is 23.2 Å². The highest BCUT2D eigenvalue weighted by molar-refractivity contribution is 6.30. The van der Waals surface area contributed by atoms with Crippen molar-refractivity contribution in [1.82, 2.24) is 0 Å². The Hall–Kier alpha value is -1.19. The number of hydrogen-bond donors (Lipinski definition) is 0. The van der Waals surface area contributed by atoms with Crippen LogP contribution in [0.3, 0.4) is 0 Å². The molecule has 0 spiro atoms. The maximum Gasteiger partial charge on any atom is 0.142 e. The summed E-state index contributed by atoms with van der Waals surface area (Å²) in [5, 5.41) is -0.618. The Bertz CT molecular complexity index is 599. The Balaban J connectivity index is 2.20. The number of alkyl halides is 1. The van der Waals surface area contributed by atoms with Crippen molar-refractivity contribution in [2.45, 2.75) is 11.8 Å². The molecule has 19 heavy (non-hydrogen) atoms. The van der Waals surface area contributed by atoms with E-state index < -0.39 is 22.8 Å². The molecular formula is C14H9Cl2F3. The van der Waals surface area contributed by atoms with Crippen molar-refractivity contribution in [3.8, 4) is 0 Å². The average molecular weight is 305 g/mol. The van der Waals surface area contributed by atoms with Crippen LogP contribution >= 0.6 is 23.2 Å². The molecule has 0 aliphatic carbocycles. The summed E-state index contributed by atoms with van der Waals surface area (Å²) >= 11 is 11.7. The summed E-state index contributed by atoms with van der Waals surface area (Å²) in [5.41, 5.74) is 0.768. The predicted octanol–water partition coefficient (Wildman–Crippen LogP) is 5.28. The van der Waals surface area contributed by atoms with Gasteiger partial charge in [0.1, 0.15) is 17.5 Å². The molecule has 0 aliphatic heterocycles. The minimum absolute atomic E-state index is 0.000536. The second-order valence-electron chi connectivity index (χ2n) is 4.08. The fourth-order valence-electron chi connectivity index (χ4n) is 1.71. The lowest BCUT2D eigenvalue weighted by molar-refractivity contribution is 0.570. The molecule has 100 valence electrons. The van der Waals surface area contributed by atoms with Crippen LogP contribution in [0.5, 0.6) is 0 Å². The quantitative estimate of drug-likeness (QED) is 0.677. The van der Waals surface area contributed by atoms with E-state index in [1.54, 1.807) is 6.07 Å². The van der Waals surface area contributed by atoms with Crippen LogP contribution in [0.2, 0.25) is 5.02 Å². The normalized spacial score (nSPS) is 12.5. The van der Waals surface area contributed by atoms with Gasteiger partial charge in [-0.15, -0.1) is 11.6 Å². The average Bonchev–Trinajstić information content (AvgIpc) is 2.36. The smallest absolute Gasteiger partial charge is 0.142 e. The first-order valence-electron chi connectivity index (χ1n) is 5.50. The van der Waals surface area contributed by atoms with E-state index in [0.717, 1.165) is 12.1 Å². The topological polar surface area (TPSA) is 0 Å². The molecule has 0 radical (unpaired) electrons. The molecule has 2 rings (SSSR count). The molecule has 0 fully saturated rings. The maximum absolute atomic E-state index is 13.5. The van der Waals surface area contributed by atoms with Crippen molar-refractivity contribution in [1.29, 1.82) is 0 Å². The number of rotatable bonds is 3. The van der Waals surface area contributed by atoms with Gasteiger partial charge in [-0.25, -0.2) is 13.2 Å². The molecule has 0 nitrogen and oxygen atoms in total. The van der Waals surface area contributed by atoms with Gasteiger partial charge in [-0.05, 0) is 35.7 Å². The zero-order valence-corrected chi connectivity index (χ0v) is 11.2. The molecule has 0 saturated heterocycles. The first-order chi connectivity index (χ1) is 8.97. The Morgan fingerprint density at radius 1 is 0.947 bits per heavy atom. The van der Waals surface area contributed by atoms with Crippen molar-refractivity contribution in [2.75, 3.05) is 0 Å². The maximum atomic E-state index is 13.5. The fourth-order valence-corrected chi connectivity index (χ4v) is 2.12. The largest absolute Gasteiger partial charge is 0.207 e. The Morgan fingerprint density at radius 2 is 1.68 bits per heavy atom. The van der Waals surface area contributed by atoms with Crippen molar-refractivity contribution in [3.63, 3.8) is 0 Å². The Labute approximate surface area is 118 Å². The highest BCUT2D eigenvalue weighted by Gasteiger charge is 2.14. The molecule has 0 aliphatic rings. The SMILES string of the molecule is Fc1ccc(CC(Cl)c2ccc(Cl)c(F)c2)c(F)c1. The first-order valence-corrected chi connectivity index (χ1v) is 6.32. The molecule has 0 heterocycles. The van der Waals surface area contributed by atoms with Crippen molar-refractivity contribution in [3.05, 3.63) is 70.0 Å². The van der Waals surface area contributed by atoms with Gasteiger partial charge in [-0.1, -0.05) is 23.7 Å². The van der Waals surface area contributed by atoms with E-state index in [2.05, 4.69) is 0 Å². The molecule has 0 N–H and O–H groups in total. The van der Waals surface area contributed by atoms with E-state index in [1.165, 1.54) is 18.2 Å². The van der Waals surface area contributed by atoms with Gasteiger partial charge < -0.3 is 0 Å². The third kappa shape index (κ3) is 3.43. The lowest BCUT2D eigenvalue weighted by Crippen LogP contribution is -1.99. The van der Waals surface area contributed by atoms with E-state index in [1.807, 2.05) is 0 Å². The van der Waals surface area contributed by atoms with Gasteiger partial charge in [-0.3, -0.25) is 0 Å². The highest BCUT2D eigenvalue weighted by atomic mass is 35.5. The summed E-state index contributed by atoms with van der Waals surface area (Å²) in [4.78, 5) is 0. The molecule has 2 aromatic carbocycles. The highest BCUT2D eigenvalue weighted by Crippen LogP contribution is 2.28. The second-order valence-corrected chi connectivity index (χ2v) is 5.01. The molecule has 1 atom stereocenters. The van der Waals surface area contributed by atoms with Gasteiger partial charge >= 0.3 is 0 Å². The number of benzene rings is 2. The molecule has 0 amide bonds. The molecule has 0 saturated carbocycles. The van der Waals surface area contributed by atoms with Crippen LogP contribution in [0, 0.1) is 17.5 Å². The molecule has 2 aromatic rings. The molecule has 0 bridgehead atoms. The van der Waals surface area contributed by atoms with Crippen molar-refractivity contribution < 1.29 is 13.2 Å². The van der Waals surface area contributed by atoms with E-state index >= 15 is 0 Å². The van der Waals surface area contributed by atoms with Gasteiger partial charge in [-0.2, -0.15) is 0 Å². The second kappa shape index (κ2) is 5.85. The van der Waals surface area contributed by atoms with E-state index in [0.29, 0.717) is 5.56 Å². The first kappa shape index (κ1) is 14.2. The van der Waals surface area contributed by atoms with Crippen LogP contribution in [-0.2, 0) is 6.42 Å². The van der Waals surface area contributed by atoms with E-state index in [-0.39, 0.29) is 17.0 Å². The zero-order chi connectivity index (χ0) is 14.0. The molecule has 0 aromatic heterocycles. The minimum atomic E-state index is -0.667. The van der Waals surface area contributed by atoms with Gasteiger partial charge in [0.25, 0.3) is 0 Å². The van der Waals surface area contributed by atoms with Crippen LogP contribution in [0.1, 0.15) is 16.5 Å². The summed E-state index contributed by atoms with van der Waals surface area (Å²) in [6, 6.07) is 7.45. The molecule has 1 unspecified atom stereocenters. The van der Waals surface area contributed by atoms with E-state index in [9.17, 15) is 13.2 Å². The molecular weight excluding hydrogens is 296 g/mol. The fraction of sp³-hybridized carbons (Fsp3) is 0.143. The summed E-state index contributed by atoms with van der Waals surface area (Å²) < 4.78 is 39.5. The summed E-state index contributed by atoms with van der Waals surface area (Å²) in [5.74, 6) is -1.89. The van der Waals surface area contributed by atoms with Crippen LogP contribution in [0.25, 0.3) is 0 Å². The van der Waals surface area contributed by atoms with Gasteiger partial charge in [0.05, 0.1) is 10.4 Å². The monoisotopic (exact) mass is 304 g/mol. The lowest BCUT2D eigenvalue weighted by atomic mass is 10.0. The summed E-state index contributed by atoms with van der Waals surface area (Å²) in [6.07, 6.45) is 0.134. The van der Waals surface area contributed by atoms with Crippen LogP contribution < -0.4 is 0 Å². The number of hydrogen-bond acceptors (Lipinski definition) is 0. The van der Waals surface area contributed by atoms with Gasteiger partial charge in [0, 0.05) is 6.07 Å². The Kier molecular flexibility index (Phi) is 4.38. The zero-order valence-electron chi connectivity index (χ0n) is 9.64. The third-order valence-corrected chi connectivity index (χ3v) is 3.43. The van der Waals surface area contributed by atoms with E-state index in [4.69, 9.17) is 23.2 Å². The minimum Gasteiger partial charge on any atom is -0.207 e. The summed E-state index contributed by atoms with van der Waals surface area (Å²) in [7, 11) is 0. The van der Waals surface area contributed by atoms with Crippen LogP contribution in [0.4, 0.5) is 13.2 Å².